The molecule has 0 aromatic heterocycles. The number of anilines is 2. The van der Waals surface area contributed by atoms with E-state index in [9.17, 15) is 31.2 Å². The Kier molecular flexibility index (Phi) is 10.9. The topological polar surface area (TPSA) is 117 Å². The fourth-order valence-electron chi connectivity index (χ4n) is 3.93. The molecule has 46 heavy (non-hydrogen) atoms. The van der Waals surface area contributed by atoms with Gasteiger partial charge in [0.25, 0.3) is 21.8 Å². The Balaban J connectivity index is 1.42. The molecule has 0 bridgehead atoms. The molecule has 15 heteroatoms. The standard InChI is InChI=1S/C31H25Cl2F3N4O5S/c1-20-6-13-24(14-7-20)46(43,44)40(22-10-15-26(32)25(16-22)31(34,35)36)18-29(41)39-37-17-21-8-11-23(12-9-21)45-19-30(42)38-28-5-3-2-4-27(28)33/h2-17H,18-19H2,1H3,(H,38,42)(H,39,41)/b37-17-. The third-order valence-electron chi connectivity index (χ3n) is 6.24. The molecule has 240 valence electrons. The number of para-hydroxylation sites is 1. The van der Waals surface area contributed by atoms with E-state index in [1.165, 1.54) is 30.5 Å². The Morgan fingerprint density at radius 3 is 2.24 bits per heavy atom. The summed E-state index contributed by atoms with van der Waals surface area (Å²) in [5.74, 6) is -0.985. The molecular formula is C31H25Cl2F3N4O5S. The molecule has 0 aliphatic heterocycles. The van der Waals surface area contributed by atoms with Crippen LogP contribution in [0.1, 0.15) is 16.7 Å². The number of carbonyl (C=O) groups is 2. The van der Waals surface area contributed by atoms with Gasteiger partial charge >= 0.3 is 6.18 Å². The highest BCUT2D eigenvalue weighted by Gasteiger charge is 2.35. The highest BCUT2D eigenvalue weighted by molar-refractivity contribution is 7.92. The Morgan fingerprint density at radius 1 is 0.913 bits per heavy atom. The van der Waals surface area contributed by atoms with Gasteiger partial charge in [0.05, 0.1) is 38.1 Å². The van der Waals surface area contributed by atoms with Crippen LogP contribution in [0.15, 0.2) is 101 Å². The number of nitrogens with one attached hydrogen (secondary N) is 2. The zero-order valence-corrected chi connectivity index (χ0v) is 26.2. The van der Waals surface area contributed by atoms with E-state index >= 15 is 0 Å². The number of rotatable bonds is 11. The van der Waals surface area contributed by atoms with Crippen LogP contribution < -0.4 is 19.8 Å². The van der Waals surface area contributed by atoms with Gasteiger partial charge < -0.3 is 10.1 Å². The molecule has 0 unspecified atom stereocenters. The number of ether oxygens (including phenoxy) is 1. The van der Waals surface area contributed by atoms with Gasteiger partial charge in [-0.2, -0.15) is 18.3 Å². The van der Waals surface area contributed by atoms with Gasteiger partial charge in [-0.1, -0.05) is 53.0 Å². The fraction of sp³-hybridized carbons (Fsp3) is 0.129. The van der Waals surface area contributed by atoms with Gasteiger partial charge in [-0.25, -0.2) is 13.8 Å². The zero-order chi connectivity index (χ0) is 33.5. The van der Waals surface area contributed by atoms with Crippen molar-refractivity contribution in [3.05, 3.63) is 118 Å². The monoisotopic (exact) mass is 692 g/mol. The second kappa shape index (κ2) is 14.7. The Hall–Kier alpha value is -4.59. The molecule has 0 radical (unpaired) electrons. The average molecular weight is 694 g/mol. The maximum absolute atomic E-state index is 13.6. The first-order valence-electron chi connectivity index (χ1n) is 13.3. The van der Waals surface area contributed by atoms with Crippen molar-refractivity contribution in [2.75, 3.05) is 22.8 Å². The molecule has 0 aliphatic carbocycles. The first kappa shape index (κ1) is 34.3. The van der Waals surface area contributed by atoms with Crippen molar-refractivity contribution in [3.8, 4) is 5.75 Å². The van der Waals surface area contributed by atoms with Gasteiger partial charge in [0, 0.05) is 0 Å². The summed E-state index contributed by atoms with van der Waals surface area (Å²) in [6.07, 6.45) is -3.61. The summed E-state index contributed by atoms with van der Waals surface area (Å²) < 4.78 is 73.7. The van der Waals surface area contributed by atoms with E-state index in [0.717, 1.165) is 17.7 Å². The van der Waals surface area contributed by atoms with Crippen LogP contribution in [-0.4, -0.2) is 39.6 Å². The van der Waals surface area contributed by atoms with Gasteiger partial charge in [-0.3, -0.25) is 13.9 Å². The SMILES string of the molecule is Cc1ccc(S(=O)(=O)N(CC(=O)N/N=C\c2ccc(OCC(=O)Nc3ccccc3Cl)cc2)c2ccc(Cl)c(C(F)(F)F)c2)cc1. The molecule has 0 atom stereocenters. The molecule has 2 N–H and O–H groups in total. The minimum absolute atomic E-state index is 0.235. The van der Waals surface area contributed by atoms with Crippen molar-refractivity contribution in [2.24, 2.45) is 5.10 Å². The highest BCUT2D eigenvalue weighted by Crippen LogP contribution is 2.38. The minimum Gasteiger partial charge on any atom is -0.484 e. The molecule has 0 aliphatic rings. The predicted octanol–water partition coefficient (Wildman–Crippen LogP) is 6.68. The van der Waals surface area contributed by atoms with E-state index in [0.29, 0.717) is 32.4 Å². The summed E-state index contributed by atoms with van der Waals surface area (Å²) in [6, 6.07) is 21.2. The average Bonchev–Trinajstić information content (AvgIpc) is 3.00. The smallest absolute Gasteiger partial charge is 0.417 e. The van der Waals surface area contributed by atoms with Crippen molar-refractivity contribution in [3.63, 3.8) is 0 Å². The summed E-state index contributed by atoms with van der Waals surface area (Å²) in [4.78, 5) is 24.7. The van der Waals surface area contributed by atoms with E-state index < -0.39 is 50.8 Å². The van der Waals surface area contributed by atoms with Crippen LogP contribution in [0.2, 0.25) is 10.0 Å². The van der Waals surface area contributed by atoms with Crippen molar-refractivity contribution in [2.45, 2.75) is 18.0 Å². The summed E-state index contributed by atoms with van der Waals surface area (Å²) in [7, 11) is -4.49. The number of carbonyl (C=O) groups excluding carboxylic acids is 2. The van der Waals surface area contributed by atoms with Crippen molar-refractivity contribution < 1.29 is 35.9 Å². The number of amides is 2. The highest BCUT2D eigenvalue weighted by atomic mass is 35.5. The molecule has 0 saturated heterocycles. The largest absolute Gasteiger partial charge is 0.484 e. The van der Waals surface area contributed by atoms with E-state index in [4.69, 9.17) is 27.9 Å². The van der Waals surface area contributed by atoms with Gasteiger partial charge in [0.2, 0.25) is 0 Å². The Morgan fingerprint density at radius 2 is 1.59 bits per heavy atom. The summed E-state index contributed by atoms with van der Waals surface area (Å²) >= 11 is 11.8. The summed E-state index contributed by atoms with van der Waals surface area (Å²) in [6.45, 7) is 0.557. The summed E-state index contributed by atoms with van der Waals surface area (Å²) in [5.41, 5.74) is 2.20. The number of halogens is 5. The van der Waals surface area contributed by atoms with E-state index in [-0.39, 0.29) is 11.5 Å². The van der Waals surface area contributed by atoms with Crippen molar-refractivity contribution in [1.29, 1.82) is 0 Å². The zero-order valence-electron chi connectivity index (χ0n) is 23.9. The molecule has 2 amide bonds. The predicted molar refractivity (Wildman–Crippen MR) is 170 cm³/mol. The normalized spacial score (nSPS) is 11.7. The molecule has 0 saturated carbocycles. The first-order chi connectivity index (χ1) is 21.7. The minimum atomic E-state index is -4.87. The van der Waals surface area contributed by atoms with Crippen molar-refractivity contribution >= 4 is 62.6 Å². The van der Waals surface area contributed by atoms with Crippen LogP contribution >= 0.6 is 23.2 Å². The lowest BCUT2D eigenvalue weighted by atomic mass is 10.2. The van der Waals surface area contributed by atoms with E-state index in [2.05, 4.69) is 15.8 Å². The quantitative estimate of drug-likeness (QED) is 0.134. The molecule has 4 aromatic rings. The number of hydrogen-bond donors (Lipinski definition) is 2. The number of nitrogens with zero attached hydrogens (tertiary/aromatic N) is 2. The van der Waals surface area contributed by atoms with Crippen LogP contribution in [0.3, 0.4) is 0 Å². The van der Waals surface area contributed by atoms with Gasteiger partial charge in [0.1, 0.15) is 12.3 Å². The second-order valence-corrected chi connectivity index (χ2v) is 12.3. The Bertz CT molecular complexity index is 1850. The third-order valence-corrected chi connectivity index (χ3v) is 8.69. The third kappa shape index (κ3) is 8.99. The lowest BCUT2D eigenvalue weighted by Crippen LogP contribution is -2.39. The number of alkyl halides is 3. The van der Waals surface area contributed by atoms with Gasteiger partial charge in [-0.05, 0) is 79.2 Å². The summed E-state index contributed by atoms with van der Waals surface area (Å²) in [5, 5.41) is 6.20. The lowest BCUT2D eigenvalue weighted by molar-refractivity contribution is -0.137. The first-order valence-corrected chi connectivity index (χ1v) is 15.5. The molecule has 0 heterocycles. The van der Waals surface area contributed by atoms with Gasteiger partial charge in [-0.15, -0.1) is 0 Å². The van der Waals surface area contributed by atoms with E-state index in [1.807, 2.05) is 0 Å². The molecule has 9 nitrogen and oxygen atoms in total. The number of aryl methyl sites for hydroxylation is 1. The molecule has 4 aromatic carbocycles. The van der Waals surface area contributed by atoms with Crippen LogP contribution in [0.4, 0.5) is 24.5 Å². The Labute approximate surface area is 272 Å². The van der Waals surface area contributed by atoms with Gasteiger partial charge in [0.15, 0.2) is 6.61 Å². The molecular weight excluding hydrogens is 668 g/mol. The van der Waals surface area contributed by atoms with Crippen LogP contribution in [-0.2, 0) is 25.8 Å². The van der Waals surface area contributed by atoms with Crippen molar-refractivity contribution in [1.82, 2.24) is 5.43 Å². The lowest BCUT2D eigenvalue weighted by Gasteiger charge is -2.25. The number of benzene rings is 4. The number of hydrogen-bond acceptors (Lipinski definition) is 6. The molecule has 0 fully saturated rings. The van der Waals surface area contributed by atoms with Crippen LogP contribution in [0, 0.1) is 6.92 Å². The van der Waals surface area contributed by atoms with E-state index in [1.54, 1.807) is 55.5 Å². The van der Waals surface area contributed by atoms with Crippen LogP contribution in [0.5, 0.6) is 5.75 Å². The second-order valence-electron chi connectivity index (χ2n) is 9.67. The number of hydrazone groups is 1. The molecule has 0 spiro atoms. The maximum Gasteiger partial charge on any atom is 0.417 e. The number of sulfonamides is 1. The fourth-order valence-corrected chi connectivity index (χ4v) is 5.75. The van der Waals surface area contributed by atoms with Crippen LogP contribution in [0.25, 0.3) is 0 Å². The maximum atomic E-state index is 13.6. The molecule has 4 rings (SSSR count).